The molecular weight excluding hydrogens is 194 g/mol. The molecule has 15 heavy (non-hydrogen) atoms. The third kappa shape index (κ3) is 2.54. The van der Waals surface area contributed by atoms with Crippen molar-refractivity contribution in [3.63, 3.8) is 0 Å². The molecule has 0 aliphatic carbocycles. The molecule has 1 atom stereocenters. The lowest BCUT2D eigenvalue weighted by Gasteiger charge is -2.10. The van der Waals surface area contributed by atoms with Crippen LogP contribution in [-0.4, -0.2) is 39.3 Å². The molecule has 1 aromatic rings. The Morgan fingerprint density at radius 3 is 2.93 bits per heavy atom. The van der Waals surface area contributed by atoms with Crippen LogP contribution in [0, 0.1) is 0 Å². The van der Waals surface area contributed by atoms with Crippen molar-refractivity contribution < 1.29 is 9.63 Å². The molecule has 2 rings (SSSR count). The minimum absolute atomic E-state index is 0.193. The number of aromatic nitrogens is 2. The van der Waals surface area contributed by atoms with Gasteiger partial charge in [-0.25, -0.2) is 0 Å². The lowest BCUT2D eigenvalue weighted by atomic mass is 10.2. The molecule has 0 unspecified atom stereocenters. The van der Waals surface area contributed by atoms with Gasteiger partial charge < -0.3 is 9.63 Å². The molecule has 1 fully saturated rings. The molecule has 0 bridgehead atoms. The Morgan fingerprint density at radius 1 is 1.60 bits per heavy atom. The molecule has 0 radical (unpaired) electrons. The Bertz CT molecular complexity index is 324. The maximum absolute atomic E-state index is 9.37. The van der Waals surface area contributed by atoms with Crippen molar-refractivity contribution in [1.82, 2.24) is 15.0 Å². The van der Waals surface area contributed by atoms with Gasteiger partial charge in [-0.1, -0.05) is 19.0 Å². The summed E-state index contributed by atoms with van der Waals surface area (Å²) in [5, 5.41) is 13.3. The zero-order valence-electron chi connectivity index (χ0n) is 9.18. The second-order valence-electron chi connectivity index (χ2n) is 4.38. The van der Waals surface area contributed by atoms with E-state index in [1.165, 1.54) is 0 Å². The van der Waals surface area contributed by atoms with Crippen LogP contribution in [0.15, 0.2) is 4.52 Å². The van der Waals surface area contributed by atoms with Gasteiger partial charge in [-0.2, -0.15) is 4.98 Å². The Balaban J connectivity index is 1.93. The molecule has 0 saturated carbocycles. The third-order valence-electron chi connectivity index (χ3n) is 2.59. The Hall–Kier alpha value is -0.940. The molecule has 0 spiro atoms. The average molecular weight is 211 g/mol. The van der Waals surface area contributed by atoms with Crippen LogP contribution in [-0.2, 0) is 6.54 Å². The topological polar surface area (TPSA) is 62.4 Å². The first-order valence-corrected chi connectivity index (χ1v) is 5.38. The molecule has 2 heterocycles. The van der Waals surface area contributed by atoms with Crippen LogP contribution in [0.2, 0.25) is 0 Å². The number of hydrogen-bond acceptors (Lipinski definition) is 5. The summed E-state index contributed by atoms with van der Waals surface area (Å²) < 4.78 is 5.11. The Morgan fingerprint density at radius 2 is 2.40 bits per heavy atom. The predicted molar refractivity (Wildman–Crippen MR) is 54.3 cm³/mol. The minimum atomic E-state index is -0.193. The van der Waals surface area contributed by atoms with Crippen molar-refractivity contribution in [3.8, 4) is 0 Å². The molecule has 1 aliphatic heterocycles. The summed E-state index contributed by atoms with van der Waals surface area (Å²) in [5.74, 6) is 1.67. The van der Waals surface area contributed by atoms with Gasteiger partial charge in [-0.15, -0.1) is 0 Å². The fourth-order valence-electron chi connectivity index (χ4n) is 1.72. The van der Waals surface area contributed by atoms with Gasteiger partial charge in [0.05, 0.1) is 12.6 Å². The number of hydrogen-bond donors (Lipinski definition) is 1. The number of β-amino-alcohol motifs (C(OH)–C–C–N with tert-alkyl or cyclic N) is 1. The fourth-order valence-corrected chi connectivity index (χ4v) is 1.72. The van der Waals surface area contributed by atoms with Gasteiger partial charge in [0.1, 0.15) is 0 Å². The lowest BCUT2D eigenvalue weighted by molar-refractivity contribution is 0.173. The van der Waals surface area contributed by atoms with Crippen LogP contribution in [0.25, 0.3) is 0 Å². The van der Waals surface area contributed by atoms with Crippen LogP contribution >= 0.6 is 0 Å². The molecule has 1 aromatic heterocycles. The van der Waals surface area contributed by atoms with Crippen LogP contribution in [0.4, 0.5) is 0 Å². The summed E-state index contributed by atoms with van der Waals surface area (Å²) in [5.41, 5.74) is 0. The predicted octanol–water partition coefficient (Wildman–Crippen LogP) is 0.760. The summed E-state index contributed by atoms with van der Waals surface area (Å²) in [4.78, 5) is 6.44. The molecule has 5 heteroatoms. The van der Waals surface area contributed by atoms with E-state index in [9.17, 15) is 5.11 Å². The highest BCUT2D eigenvalue weighted by atomic mass is 16.5. The molecule has 1 aliphatic rings. The Kier molecular flexibility index (Phi) is 3.02. The van der Waals surface area contributed by atoms with Crippen molar-refractivity contribution in [2.24, 2.45) is 0 Å². The van der Waals surface area contributed by atoms with Crippen LogP contribution in [0.5, 0.6) is 0 Å². The van der Waals surface area contributed by atoms with Crippen molar-refractivity contribution in [3.05, 3.63) is 11.7 Å². The van der Waals surface area contributed by atoms with Crippen molar-refractivity contribution >= 4 is 0 Å². The molecule has 5 nitrogen and oxygen atoms in total. The lowest BCUT2D eigenvalue weighted by Crippen LogP contribution is -2.22. The van der Waals surface area contributed by atoms with Gasteiger partial charge in [-0.05, 0) is 6.42 Å². The smallest absolute Gasteiger partial charge is 0.229 e. The van der Waals surface area contributed by atoms with E-state index in [-0.39, 0.29) is 12.0 Å². The molecule has 1 saturated heterocycles. The average Bonchev–Trinajstić information content (AvgIpc) is 2.76. The molecule has 0 aromatic carbocycles. The normalized spacial score (nSPS) is 22.8. The van der Waals surface area contributed by atoms with E-state index in [1.54, 1.807) is 0 Å². The minimum Gasteiger partial charge on any atom is -0.392 e. The van der Waals surface area contributed by atoms with Gasteiger partial charge >= 0.3 is 0 Å². The fraction of sp³-hybridized carbons (Fsp3) is 0.800. The van der Waals surface area contributed by atoms with Crippen LogP contribution in [0.1, 0.15) is 37.9 Å². The van der Waals surface area contributed by atoms with E-state index >= 15 is 0 Å². The van der Waals surface area contributed by atoms with Gasteiger partial charge in [0.15, 0.2) is 5.82 Å². The largest absolute Gasteiger partial charge is 0.392 e. The summed E-state index contributed by atoms with van der Waals surface area (Å²) >= 11 is 0. The van der Waals surface area contributed by atoms with Gasteiger partial charge in [0.2, 0.25) is 5.89 Å². The van der Waals surface area contributed by atoms with Crippen LogP contribution < -0.4 is 0 Å². The van der Waals surface area contributed by atoms with Crippen molar-refractivity contribution in [2.45, 2.75) is 38.8 Å². The Labute approximate surface area is 89.1 Å². The van der Waals surface area contributed by atoms with Crippen molar-refractivity contribution in [2.75, 3.05) is 13.1 Å². The van der Waals surface area contributed by atoms with Gasteiger partial charge in [0.25, 0.3) is 0 Å². The molecule has 84 valence electrons. The highest BCUT2D eigenvalue weighted by Crippen LogP contribution is 2.14. The van der Waals surface area contributed by atoms with E-state index in [1.807, 2.05) is 13.8 Å². The molecule has 1 N–H and O–H groups in total. The number of likely N-dealkylation sites (tertiary alicyclic amines) is 1. The SMILES string of the molecule is CC(C)c1nc(CN2CC[C@@H](O)C2)no1. The summed E-state index contributed by atoms with van der Waals surface area (Å²) in [7, 11) is 0. The summed E-state index contributed by atoms with van der Waals surface area (Å²) in [6.45, 7) is 6.35. The van der Waals surface area contributed by atoms with Gasteiger partial charge in [0, 0.05) is 19.0 Å². The third-order valence-corrected chi connectivity index (χ3v) is 2.59. The van der Waals surface area contributed by atoms with E-state index in [0.717, 1.165) is 13.0 Å². The standard InChI is InChI=1S/C10H17N3O2/c1-7(2)10-11-9(12-15-10)6-13-4-3-8(14)5-13/h7-8,14H,3-6H2,1-2H3/t8-/m1/s1. The monoisotopic (exact) mass is 211 g/mol. The van der Waals surface area contributed by atoms with E-state index in [4.69, 9.17) is 4.52 Å². The highest BCUT2D eigenvalue weighted by Gasteiger charge is 2.22. The first-order valence-electron chi connectivity index (χ1n) is 5.38. The molecular formula is C10H17N3O2. The van der Waals surface area contributed by atoms with Gasteiger partial charge in [-0.3, -0.25) is 4.90 Å². The zero-order valence-corrected chi connectivity index (χ0v) is 9.18. The maximum Gasteiger partial charge on any atom is 0.229 e. The van der Waals surface area contributed by atoms with E-state index in [2.05, 4.69) is 15.0 Å². The number of nitrogens with zero attached hydrogens (tertiary/aromatic N) is 3. The van der Waals surface area contributed by atoms with E-state index in [0.29, 0.717) is 24.8 Å². The van der Waals surface area contributed by atoms with Crippen molar-refractivity contribution in [1.29, 1.82) is 0 Å². The number of rotatable bonds is 3. The number of aliphatic hydroxyl groups excluding tert-OH is 1. The second-order valence-corrected chi connectivity index (χ2v) is 4.38. The van der Waals surface area contributed by atoms with Crippen LogP contribution in [0.3, 0.4) is 0 Å². The maximum atomic E-state index is 9.37. The highest BCUT2D eigenvalue weighted by molar-refractivity contribution is 4.91. The quantitative estimate of drug-likeness (QED) is 0.799. The number of aliphatic hydroxyl groups is 1. The first kappa shape index (κ1) is 10.6. The summed E-state index contributed by atoms with van der Waals surface area (Å²) in [6.07, 6.45) is 0.649. The van der Waals surface area contributed by atoms with E-state index < -0.39 is 0 Å². The zero-order chi connectivity index (χ0) is 10.8. The second kappa shape index (κ2) is 4.28. The summed E-state index contributed by atoms with van der Waals surface area (Å²) in [6, 6.07) is 0. The molecule has 0 amide bonds. The first-order chi connectivity index (χ1) is 7.15.